The van der Waals surface area contributed by atoms with E-state index in [2.05, 4.69) is 25.0 Å². The molecule has 0 aliphatic carbocycles. The van der Waals surface area contributed by atoms with E-state index in [0.717, 1.165) is 28.2 Å². The maximum atomic E-state index is 11.7. The van der Waals surface area contributed by atoms with Crippen molar-refractivity contribution in [3.05, 3.63) is 65.1 Å². The molecule has 2 heterocycles. The molecular weight excluding hydrogens is 501 g/mol. The number of halogens is 1. The zero-order valence-corrected chi connectivity index (χ0v) is 20.1. The maximum absolute atomic E-state index is 11.7. The number of guanidine groups is 1. The lowest BCUT2D eigenvalue weighted by atomic mass is 10.1. The van der Waals surface area contributed by atoms with Crippen molar-refractivity contribution in [2.45, 2.75) is 31.8 Å². The molecule has 0 spiro atoms. The molecule has 156 valence electrons. The molecular formula is C20H26IN5O2S. The first kappa shape index (κ1) is 23.1. The first-order chi connectivity index (χ1) is 13.3. The highest BCUT2D eigenvalue weighted by molar-refractivity contribution is 14.0. The Kier molecular flexibility index (Phi) is 7.64. The lowest BCUT2D eigenvalue weighted by Gasteiger charge is -2.12. The van der Waals surface area contributed by atoms with Gasteiger partial charge in [0.2, 0.25) is 0 Å². The van der Waals surface area contributed by atoms with Gasteiger partial charge in [0.05, 0.1) is 17.1 Å². The molecule has 0 aliphatic heterocycles. The fourth-order valence-electron chi connectivity index (χ4n) is 3.10. The second kappa shape index (κ2) is 9.57. The van der Waals surface area contributed by atoms with E-state index in [1.54, 1.807) is 20.0 Å². The number of nitrogens with zero attached hydrogens (tertiary/aromatic N) is 3. The fraction of sp³-hybridized carbons (Fsp3) is 0.300. The Morgan fingerprint density at radius 1 is 1.14 bits per heavy atom. The van der Waals surface area contributed by atoms with Gasteiger partial charge >= 0.3 is 0 Å². The smallest absolute Gasteiger partial charge is 0.191 e. The van der Waals surface area contributed by atoms with Crippen molar-refractivity contribution in [2.75, 3.05) is 13.3 Å². The van der Waals surface area contributed by atoms with Gasteiger partial charge in [-0.25, -0.2) is 13.4 Å². The highest BCUT2D eigenvalue weighted by atomic mass is 127. The van der Waals surface area contributed by atoms with Gasteiger partial charge in [0.25, 0.3) is 0 Å². The number of hydrogen-bond donors (Lipinski definition) is 2. The molecule has 0 saturated heterocycles. The summed E-state index contributed by atoms with van der Waals surface area (Å²) in [7, 11) is -1.50. The van der Waals surface area contributed by atoms with E-state index in [9.17, 15) is 8.42 Å². The van der Waals surface area contributed by atoms with Crippen LogP contribution in [-0.2, 0) is 22.9 Å². The minimum atomic E-state index is -3.21. The summed E-state index contributed by atoms with van der Waals surface area (Å²) in [5.74, 6) is 0.652. The number of rotatable bonds is 5. The van der Waals surface area contributed by atoms with Crippen molar-refractivity contribution in [1.29, 1.82) is 0 Å². The Morgan fingerprint density at radius 2 is 1.86 bits per heavy atom. The molecule has 0 amide bonds. The highest BCUT2D eigenvalue weighted by Gasteiger charge is 2.11. The van der Waals surface area contributed by atoms with Crippen LogP contribution in [0.5, 0.6) is 0 Å². The summed E-state index contributed by atoms with van der Waals surface area (Å²) in [6, 6.07) is 11.4. The Morgan fingerprint density at radius 3 is 2.48 bits per heavy atom. The summed E-state index contributed by atoms with van der Waals surface area (Å²) in [6.45, 7) is 4.93. The van der Waals surface area contributed by atoms with Crippen molar-refractivity contribution in [3.8, 4) is 0 Å². The molecule has 1 aromatic carbocycles. The van der Waals surface area contributed by atoms with E-state index < -0.39 is 9.84 Å². The van der Waals surface area contributed by atoms with Gasteiger partial charge in [-0.2, -0.15) is 0 Å². The Hall–Kier alpha value is -2.14. The minimum absolute atomic E-state index is 0. The van der Waals surface area contributed by atoms with Crippen LogP contribution in [0, 0.1) is 13.8 Å². The fourth-order valence-corrected chi connectivity index (χ4v) is 4.06. The van der Waals surface area contributed by atoms with Crippen LogP contribution < -0.4 is 10.6 Å². The number of nitrogens with one attached hydrogen (secondary N) is 2. The van der Waals surface area contributed by atoms with Crippen molar-refractivity contribution in [3.63, 3.8) is 0 Å². The third-order valence-corrected chi connectivity index (χ3v) is 5.76. The molecule has 3 rings (SSSR count). The van der Waals surface area contributed by atoms with Crippen LogP contribution in [-0.4, -0.2) is 37.1 Å². The molecule has 0 bridgehead atoms. The highest BCUT2D eigenvalue weighted by Crippen LogP contribution is 2.16. The summed E-state index contributed by atoms with van der Waals surface area (Å²) in [5, 5.41) is 6.50. The van der Waals surface area contributed by atoms with Gasteiger partial charge in [-0.05, 0) is 43.2 Å². The van der Waals surface area contributed by atoms with Crippen LogP contribution in [0.25, 0.3) is 5.65 Å². The first-order valence-corrected chi connectivity index (χ1v) is 10.8. The second-order valence-electron chi connectivity index (χ2n) is 6.78. The summed E-state index contributed by atoms with van der Waals surface area (Å²) in [4.78, 5) is 9.20. The number of sulfone groups is 1. The predicted molar refractivity (Wildman–Crippen MR) is 127 cm³/mol. The summed E-state index contributed by atoms with van der Waals surface area (Å²) < 4.78 is 25.5. The summed E-state index contributed by atoms with van der Waals surface area (Å²) in [6.07, 6.45) is 3.23. The van der Waals surface area contributed by atoms with E-state index in [1.165, 1.54) is 6.26 Å². The standard InChI is InChI=1S/C20H25N5O2S.HI/c1-14-10-16(8-9-18(14)28(4,26)27)11-22-20(21-3)23-12-17-13-25-15(2)6-5-7-19(25)24-17;/h5-10,13H,11-12H2,1-4H3,(H2,21,22,23);1H. The number of benzene rings is 1. The van der Waals surface area contributed by atoms with E-state index in [0.29, 0.717) is 23.9 Å². The van der Waals surface area contributed by atoms with Crippen LogP contribution in [0.2, 0.25) is 0 Å². The number of imidazole rings is 1. The van der Waals surface area contributed by atoms with Crippen LogP contribution in [0.1, 0.15) is 22.5 Å². The maximum Gasteiger partial charge on any atom is 0.191 e. The largest absolute Gasteiger partial charge is 0.352 e. The quantitative estimate of drug-likeness (QED) is 0.303. The lowest BCUT2D eigenvalue weighted by Crippen LogP contribution is -2.36. The van der Waals surface area contributed by atoms with Crippen molar-refractivity contribution >= 4 is 45.4 Å². The summed E-state index contributed by atoms with van der Waals surface area (Å²) in [5.41, 5.74) is 4.69. The van der Waals surface area contributed by atoms with Crippen LogP contribution in [0.15, 0.2) is 52.5 Å². The van der Waals surface area contributed by atoms with Gasteiger partial charge < -0.3 is 15.0 Å². The Balaban J connectivity index is 0.00000300. The number of aromatic nitrogens is 2. The molecule has 9 heteroatoms. The average molecular weight is 527 g/mol. The lowest BCUT2D eigenvalue weighted by molar-refractivity contribution is 0.601. The third-order valence-electron chi connectivity index (χ3n) is 4.51. The minimum Gasteiger partial charge on any atom is -0.352 e. The molecule has 0 radical (unpaired) electrons. The second-order valence-corrected chi connectivity index (χ2v) is 8.76. The molecule has 0 unspecified atom stereocenters. The van der Waals surface area contributed by atoms with E-state index >= 15 is 0 Å². The van der Waals surface area contributed by atoms with Crippen molar-refractivity contribution in [2.24, 2.45) is 4.99 Å². The SMILES string of the molecule is CN=C(NCc1ccc(S(C)(=O)=O)c(C)c1)NCc1cn2c(C)cccc2n1.I. The molecule has 0 aliphatic rings. The predicted octanol–water partition coefficient (Wildman–Crippen LogP) is 2.84. The number of hydrogen-bond acceptors (Lipinski definition) is 4. The number of aliphatic imine (C=N–C) groups is 1. The van der Waals surface area contributed by atoms with Crippen LogP contribution >= 0.6 is 24.0 Å². The van der Waals surface area contributed by atoms with Crippen LogP contribution in [0.3, 0.4) is 0 Å². The van der Waals surface area contributed by atoms with Crippen molar-refractivity contribution in [1.82, 2.24) is 20.0 Å². The average Bonchev–Trinajstić information content (AvgIpc) is 3.05. The number of aryl methyl sites for hydroxylation is 2. The normalized spacial score (nSPS) is 11.9. The van der Waals surface area contributed by atoms with E-state index in [4.69, 9.17) is 0 Å². The molecule has 7 nitrogen and oxygen atoms in total. The monoisotopic (exact) mass is 527 g/mol. The Bertz CT molecular complexity index is 1140. The number of fused-ring (bicyclic) bond motifs is 1. The molecule has 2 aromatic heterocycles. The topological polar surface area (TPSA) is 87.9 Å². The molecule has 0 atom stereocenters. The van der Waals surface area contributed by atoms with Gasteiger partial charge in [-0.3, -0.25) is 4.99 Å². The van der Waals surface area contributed by atoms with Crippen LogP contribution in [0.4, 0.5) is 0 Å². The van der Waals surface area contributed by atoms with E-state index in [-0.39, 0.29) is 24.0 Å². The van der Waals surface area contributed by atoms with Gasteiger partial charge in [-0.15, -0.1) is 24.0 Å². The third kappa shape index (κ3) is 5.69. The first-order valence-electron chi connectivity index (χ1n) is 8.95. The molecule has 0 fully saturated rings. The Labute approximate surface area is 188 Å². The van der Waals surface area contributed by atoms with Gasteiger partial charge in [0.15, 0.2) is 15.8 Å². The van der Waals surface area contributed by atoms with Gasteiger partial charge in [0, 0.05) is 31.7 Å². The van der Waals surface area contributed by atoms with Crippen molar-refractivity contribution < 1.29 is 8.42 Å². The summed E-state index contributed by atoms with van der Waals surface area (Å²) >= 11 is 0. The molecule has 0 saturated carbocycles. The van der Waals surface area contributed by atoms with Gasteiger partial charge in [0.1, 0.15) is 5.65 Å². The molecule has 3 aromatic rings. The zero-order chi connectivity index (χ0) is 20.3. The molecule has 29 heavy (non-hydrogen) atoms. The molecule has 2 N–H and O–H groups in total. The zero-order valence-electron chi connectivity index (χ0n) is 16.9. The van der Waals surface area contributed by atoms with E-state index in [1.807, 2.05) is 43.5 Å². The van der Waals surface area contributed by atoms with Gasteiger partial charge in [-0.1, -0.05) is 18.2 Å². The number of pyridine rings is 1.